The van der Waals surface area contributed by atoms with Gasteiger partial charge in [0.15, 0.2) is 0 Å². The summed E-state index contributed by atoms with van der Waals surface area (Å²) >= 11 is 1.56. The number of rotatable bonds is 5. The van der Waals surface area contributed by atoms with Gasteiger partial charge in [0.2, 0.25) is 0 Å². The molecule has 0 aliphatic rings. The molecule has 16 heavy (non-hydrogen) atoms. The quantitative estimate of drug-likeness (QED) is 0.693. The van der Waals surface area contributed by atoms with Crippen molar-refractivity contribution in [3.8, 4) is 0 Å². The molecule has 0 saturated heterocycles. The zero-order chi connectivity index (χ0) is 12.2. The predicted octanol–water partition coefficient (Wildman–Crippen LogP) is 1.93. The molecular weight excluding hydrogens is 227 g/mol. The zero-order valence-electron chi connectivity index (χ0n) is 9.46. The maximum atomic E-state index is 13.0. The first-order valence-electron chi connectivity index (χ1n) is 4.95. The second kappa shape index (κ2) is 5.41. The molecule has 90 valence electrons. The maximum Gasteiger partial charge on any atom is 0.125 e. The largest absolute Gasteiger partial charge is 0.397 e. The summed E-state index contributed by atoms with van der Waals surface area (Å²) < 4.78 is 13.0. The molecule has 0 saturated carbocycles. The lowest BCUT2D eigenvalue weighted by molar-refractivity contribution is 0.0997. The summed E-state index contributed by atoms with van der Waals surface area (Å²) in [4.78, 5) is 0. The molecule has 0 amide bonds. The Kier molecular flexibility index (Phi) is 4.44. The minimum Gasteiger partial charge on any atom is -0.397 e. The molecule has 1 rings (SSSR count). The summed E-state index contributed by atoms with van der Waals surface area (Å²) in [5.41, 5.74) is 5.83. The van der Waals surface area contributed by atoms with E-state index in [1.54, 1.807) is 18.7 Å². The van der Waals surface area contributed by atoms with Crippen LogP contribution in [0.5, 0.6) is 0 Å². The van der Waals surface area contributed by atoms with Crippen LogP contribution in [0.15, 0.2) is 18.2 Å². The minimum absolute atomic E-state index is 0.335. The van der Waals surface area contributed by atoms with E-state index in [2.05, 4.69) is 5.32 Å². The number of nitrogen functional groups attached to an aromatic ring is 1. The molecule has 3 nitrogen and oxygen atoms in total. The van der Waals surface area contributed by atoms with Crippen molar-refractivity contribution in [1.82, 2.24) is 0 Å². The van der Waals surface area contributed by atoms with Crippen LogP contribution in [0.4, 0.5) is 15.8 Å². The summed E-state index contributed by atoms with van der Waals surface area (Å²) in [6.07, 6.45) is 1.92. The summed E-state index contributed by atoms with van der Waals surface area (Å²) in [6.45, 7) is 2.06. The highest BCUT2D eigenvalue weighted by molar-refractivity contribution is 7.98. The minimum atomic E-state index is -0.835. The molecule has 0 aliphatic heterocycles. The second-order valence-electron chi connectivity index (χ2n) is 4.02. The van der Waals surface area contributed by atoms with Gasteiger partial charge in [0, 0.05) is 12.3 Å². The van der Waals surface area contributed by atoms with Crippen molar-refractivity contribution in [2.75, 3.05) is 29.6 Å². The van der Waals surface area contributed by atoms with Crippen molar-refractivity contribution < 1.29 is 9.50 Å². The Morgan fingerprint density at radius 1 is 1.56 bits per heavy atom. The van der Waals surface area contributed by atoms with Crippen molar-refractivity contribution in [2.45, 2.75) is 12.5 Å². The Bertz CT molecular complexity index is 358. The topological polar surface area (TPSA) is 58.3 Å². The van der Waals surface area contributed by atoms with Gasteiger partial charge in [0.05, 0.1) is 17.0 Å². The Hall–Kier alpha value is -0.940. The molecule has 0 bridgehead atoms. The summed E-state index contributed by atoms with van der Waals surface area (Å²) in [6, 6.07) is 4.13. The summed E-state index contributed by atoms with van der Waals surface area (Å²) in [7, 11) is 0. The lowest BCUT2D eigenvalue weighted by Crippen LogP contribution is -2.36. The van der Waals surface area contributed by atoms with Gasteiger partial charge in [-0.25, -0.2) is 4.39 Å². The fraction of sp³-hybridized carbons (Fsp3) is 0.455. The first kappa shape index (κ1) is 13.1. The van der Waals surface area contributed by atoms with E-state index in [-0.39, 0.29) is 5.82 Å². The maximum absolute atomic E-state index is 13.0. The summed E-state index contributed by atoms with van der Waals surface area (Å²) in [5, 5.41) is 12.9. The number of nitrogens with one attached hydrogen (secondary N) is 1. The van der Waals surface area contributed by atoms with Gasteiger partial charge in [-0.2, -0.15) is 11.8 Å². The first-order chi connectivity index (χ1) is 7.44. The van der Waals surface area contributed by atoms with Gasteiger partial charge >= 0.3 is 0 Å². The van der Waals surface area contributed by atoms with Crippen LogP contribution in [-0.2, 0) is 0 Å². The highest BCUT2D eigenvalue weighted by Gasteiger charge is 2.19. The standard InChI is InChI=1S/C11H17FN2OS/c1-11(15,7-16-2)6-14-10-5-8(12)3-4-9(10)13/h3-5,14-15H,6-7,13H2,1-2H3. The first-order valence-corrected chi connectivity index (χ1v) is 6.34. The van der Waals surface area contributed by atoms with Gasteiger partial charge in [-0.05, 0) is 31.4 Å². The van der Waals surface area contributed by atoms with Crippen molar-refractivity contribution >= 4 is 23.1 Å². The van der Waals surface area contributed by atoms with Crippen LogP contribution >= 0.6 is 11.8 Å². The fourth-order valence-corrected chi connectivity index (χ4v) is 2.05. The van der Waals surface area contributed by atoms with Crippen LogP contribution < -0.4 is 11.1 Å². The SMILES string of the molecule is CSCC(C)(O)CNc1cc(F)ccc1N. The lowest BCUT2D eigenvalue weighted by Gasteiger charge is -2.23. The van der Waals surface area contributed by atoms with Gasteiger partial charge < -0.3 is 16.2 Å². The van der Waals surface area contributed by atoms with Crippen molar-refractivity contribution in [3.05, 3.63) is 24.0 Å². The van der Waals surface area contributed by atoms with Crippen LogP contribution in [0.1, 0.15) is 6.92 Å². The van der Waals surface area contributed by atoms with E-state index in [1.165, 1.54) is 18.2 Å². The fourth-order valence-electron chi connectivity index (χ4n) is 1.33. The highest BCUT2D eigenvalue weighted by atomic mass is 32.2. The molecule has 0 heterocycles. The number of hydrogen-bond donors (Lipinski definition) is 3. The second-order valence-corrected chi connectivity index (χ2v) is 4.88. The third-order valence-electron chi connectivity index (χ3n) is 2.13. The molecule has 1 aromatic carbocycles. The number of thioether (sulfide) groups is 1. The normalized spacial score (nSPS) is 14.5. The van der Waals surface area contributed by atoms with Crippen LogP contribution in [0.25, 0.3) is 0 Å². The monoisotopic (exact) mass is 244 g/mol. The number of nitrogens with two attached hydrogens (primary N) is 1. The molecule has 5 heteroatoms. The van der Waals surface area contributed by atoms with Gasteiger partial charge in [-0.15, -0.1) is 0 Å². The van der Waals surface area contributed by atoms with Crippen LogP contribution in [0.3, 0.4) is 0 Å². The molecule has 4 N–H and O–H groups in total. The van der Waals surface area contributed by atoms with E-state index >= 15 is 0 Å². The molecule has 0 fully saturated rings. The number of aliphatic hydroxyl groups is 1. The Morgan fingerprint density at radius 2 is 2.25 bits per heavy atom. The molecule has 0 aromatic heterocycles. The van der Waals surface area contributed by atoms with E-state index in [0.717, 1.165) is 0 Å². The van der Waals surface area contributed by atoms with E-state index in [0.29, 0.717) is 23.7 Å². The van der Waals surface area contributed by atoms with Crippen LogP contribution in [0, 0.1) is 5.82 Å². The molecule has 0 radical (unpaired) electrons. The van der Waals surface area contributed by atoms with E-state index < -0.39 is 5.60 Å². The van der Waals surface area contributed by atoms with E-state index in [1.807, 2.05) is 6.26 Å². The van der Waals surface area contributed by atoms with Gasteiger partial charge in [-0.1, -0.05) is 0 Å². The number of hydrogen-bond acceptors (Lipinski definition) is 4. The molecule has 1 unspecified atom stereocenters. The van der Waals surface area contributed by atoms with Crippen LogP contribution in [0.2, 0.25) is 0 Å². The average molecular weight is 244 g/mol. The molecule has 0 spiro atoms. The Morgan fingerprint density at radius 3 is 2.88 bits per heavy atom. The molecular formula is C11H17FN2OS. The highest BCUT2D eigenvalue weighted by Crippen LogP contribution is 2.20. The number of anilines is 2. The van der Waals surface area contributed by atoms with Crippen molar-refractivity contribution in [2.24, 2.45) is 0 Å². The van der Waals surface area contributed by atoms with E-state index in [4.69, 9.17) is 5.73 Å². The Labute approximate surface area is 99.2 Å². The third-order valence-corrected chi connectivity index (χ3v) is 3.04. The van der Waals surface area contributed by atoms with E-state index in [9.17, 15) is 9.50 Å². The Balaban J connectivity index is 2.63. The average Bonchev–Trinajstić information content (AvgIpc) is 2.19. The lowest BCUT2D eigenvalue weighted by atomic mass is 10.1. The number of halogens is 1. The zero-order valence-corrected chi connectivity index (χ0v) is 10.3. The molecule has 1 atom stereocenters. The van der Waals surface area contributed by atoms with Gasteiger partial charge in [0.1, 0.15) is 5.82 Å². The smallest absolute Gasteiger partial charge is 0.125 e. The van der Waals surface area contributed by atoms with Crippen LogP contribution in [-0.4, -0.2) is 29.3 Å². The van der Waals surface area contributed by atoms with Gasteiger partial charge in [0.25, 0.3) is 0 Å². The predicted molar refractivity (Wildman–Crippen MR) is 68.3 cm³/mol. The van der Waals surface area contributed by atoms with Crippen molar-refractivity contribution in [1.29, 1.82) is 0 Å². The molecule has 1 aromatic rings. The molecule has 0 aliphatic carbocycles. The van der Waals surface area contributed by atoms with Crippen molar-refractivity contribution in [3.63, 3.8) is 0 Å². The van der Waals surface area contributed by atoms with Gasteiger partial charge in [-0.3, -0.25) is 0 Å². The third kappa shape index (κ3) is 3.90. The summed E-state index contributed by atoms with van der Waals surface area (Å²) in [5.74, 6) is 0.260. The number of benzene rings is 1.